The SMILES string of the molecule is c1cc2ccc3cc(-c4nc5ccccc5c5c6oc7ccccc7c6c6ccccc6c45)cc4ccc(c1)c2c34. The van der Waals surface area contributed by atoms with Crippen LogP contribution in [-0.2, 0) is 0 Å². The van der Waals surface area contributed by atoms with E-state index < -0.39 is 0 Å². The molecule has 0 spiro atoms. The van der Waals surface area contributed by atoms with E-state index in [9.17, 15) is 0 Å². The highest BCUT2D eigenvalue weighted by atomic mass is 16.3. The number of hydrogen-bond donors (Lipinski definition) is 0. The van der Waals surface area contributed by atoms with Crippen LogP contribution in [0.4, 0.5) is 0 Å². The van der Waals surface area contributed by atoms with E-state index in [0.717, 1.165) is 49.5 Å². The van der Waals surface area contributed by atoms with Crippen molar-refractivity contribution in [3.8, 4) is 11.3 Å². The number of benzene rings is 8. The van der Waals surface area contributed by atoms with Crippen molar-refractivity contribution in [2.75, 3.05) is 0 Å². The van der Waals surface area contributed by atoms with Crippen LogP contribution < -0.4 is 0 Å². The van der Waals surface area contributed by atoms with Crippen LogP contribution in [0.2, 0.25) is 0 Å². The van der Waals surface area contributed by atoms with Crippen LogP contribution in [0, 0.1) is 0 Å². The standard InChI is InChI=1S/C39H21NO/c1-2-11-28-27(10-1)35-30-13-4-6-15-32(30)41-39(35)37-29-12-3-5-14-31(29)40-38(36(28)37)26-20-24-18-16-22-8-7-9-23-17-19-25(21-26)34(24)33(22)23/h1-21H. The van der Waals surface area contributed by atoms with E-state index in [0.29, 0.717) is 0 Å². The summed E-state index contributed by atoms with van der Waals surface area (Å²) < 4.78 is 6.70. The Morgan fingerprint density at radius 2 is 1.00 bits per heavy atom. The Labute approximate surface area is 234 Å². The number of pyridine rings is 1. The number of aromatic nitrogens is 1. The lowest BCUT2D eigenvalue weighted by atomic mass is 9.89. The van der Waals surface area contributed by atoms with E-state index >= 15 is 0 Å². The summed E-state index contributed by atoms with van der Waals surface area (Å²) in [6.07, 6.45) is 0. The van der Waals surface area contributed by atoms with Crippen LogP contribution in [0.25, 0.3) is 98.0 Å². The average molecular weight is 520 g/mol. The normalized spacial score (nSPS) is 12.4. The van der Waals surface area contributed by atoms with Gasteiger partial charge in [-0.15, -0.1) is 0 Å². The Bertz CT molecular complexity index is 2630. The molecule has 2 heteroatoms. The fraction of sp³-hybridized carbons (Fsp3) is 0. The molecule has 0 radical (unpaired) electrons. The first-order valence-corrected chi connectivity index (χ1v) is 14.1. The summed E-state index contributed by atoms with van der Waals surface area (Å²) in [5.41, 5.74) is 4.91. The van der Waals surface area contributed by atoms with Gasteiger partial charge in [0.1, 0.15) is 11.2 Å². The minimum atomic E-state index is 0.908. The van der Waals surface area contributed by atoms with Crippen molar-refractivity contribution in [1.29, 1.82) is 0 Å². The third-order valence-electron chi connectivity index (χ3n) is 8.92. The minimum absolute atomic E-state index is 0.908. The fourth-order valence-corrected chi connectivity index (χ4v) is 7.22. The molecule has 0 N–H and O–H groups in total. The molecule has 0 aliphatic carbocycles. The van der Waals surface area contributed by atoms with Gasteiger partial charge in [-0.1, -0.05) is 103 Å². The Hall–Kier alpha value is -5.47. The molecule has 2 aromatic heterocycles. The zero-order valence-corrected chi connectivity index (χ0v) is 22.0. The van der Waals surface area contributed by atoms with E-state index in [2.05, 4.69) is 121 Å². The summed E-state index contributed by atoms with van der Waals surface area (Å²) in [6.45, 7) is 0. The first-order chi connectivity index (χ1) is 20.3. The molecule has 41 heavy (non-hydrogen) atoms. The smallest absolute Gasteiger partial charge is 0.144 e. The molecule has 2 nitrogen and oxygen atoms in total. The maximum absolute atomic E-state index is 6.70. The van der Waals surface area contributed by atoms with Gasteiger partial charge in [-0.3, -0.25) is 0 Å². The van der Waals surface area contributed by atoms with Crippen molar-refractivity contribution in [1.82, 2.24) is 4.98 Å². The lowest BCUT2D eigenvalue weighted by Gasteiger charge is -2.16. The number of nitrogens with zero attached hydrogens (tertiary/aromatic N) is 1. The Balaban J connectivity index is 1.45. The van der Waals surface area contributed by atoms with Gasteiger partial charge in [-0.05, 0) is 67.4 Å². The van der Waals surface area contributed by atoms with Crippen LogP contribution >= 0.6 is 0 Å². The van der Waals surface area contributed by atoms with Gasteiger partial charge in [0, 0.05) is 32.5 Å². The molecule has 10 rings (SSSR count). The van der Waals surface area contributed by atoms with E-state index in [1.54, 1.807) is 0 Å². The van der Waals surface area contributed by atoms with Crippen molar-refractivity contribution in [3.63, 3.8) is 0 Å². The Kier molecular flexibility index (Phi) is 3.95. The molecule has 0 saturated carbocycles. The lowest BCUT2D eigenvalue weighted by Crippen LogP contribution is -1.93. The van der Waals surface area contributed by atoms with Gasteiger partial charge in [0.15, 0.2) is 0 Å². The number of furan rings is 1. The number of rotatable bonds is 1. The molecule has 0 unspecified atom stereocenters. The van der Waals surface area contributed by atoms with E-state index in [1.165, 1.54) is 48.5 Å². The van der Waals surface area contributed by atoms with Crippen molar-refractivity contribution < 1.29 is 4.42 Å². The van der Waals surface area contributed by atoms with Gasteiger partial charge < -0.3 is 4.42 Å². The summed E-state index contributed by atoms with van der Waals surface area (Å²) in [7, 11) is 0. The molecule has 0 fully saturated rings. The van der Waals surface area contributed by atoms with Crippen molar-refractivity contribution in [2.45, 2.75) is 0 Å². The molecule has 8 aromatic carbocycles. The molecular formula is C39H21NO. The fourth-order valence-electron chi connectivity index (χ4n) is 7.22. The highest BCUT2D eigenvalue weighted by Crippen LogP contribution is 2.47. The van der Waals surface area contributed by atoms with Crippen LogP contribution in [0.1, 0.15) is 0 Å². The van der Waals surface area contributed by atoms with E-state index in [-0.39, 0.29) is 0 Å². The molecule has 10 aromatic rings. The first kappa shape index (κ1) is 21.4. The maximum atomic E-state index is 6.70. The van der Waals surface area contributed by atoms with Gasteiger partial charge in [0.25, 0.3) is 0 Å². The van der Waals surface area contributed by atoms with Gasteiger partial charge >= 0.3 is 0 Å². The Morgan fingerprint density at radius 3 is 1.76 bits per heavy atom. The highest BCUT2D eigenvalue weighted by Gasteiger charge is 2.22. The topological polar surface area (TPSA) is 26.0 Å². The highest BCUT2D eigenvalue weighted by molar-refractivity contribution is 6.36. The van der Waals surface area contributed by atoms with Crippen molar-refractivity contribution >= 4 is 86.7 Å². The number of hydrogen-bond acceptors (Lipinski definition) is 2. The molecular weight excluding hydrogens is 498 g/mol. The monoisotopic (exact) mass is 519 g/mol. The Morgan fingerprint density at radius 1 is 0.415 bits per heavy atom. The second kappa shape index (κ2) is 7.59. The number of para-hydroxylation sites is 2. The van der Waals surface area contributed by atoms with E-state index in [4.69, 9.17) is 9.40 Å². The first-order valence-electron chi connectivity index (χ1n) is 14.1. The molecule has 0 atom stereocenters. The van der Waals surface area contributed by atoms with Crippen LogP contribution in [0.3, 0.4) is 0 Å². The van der Waals surface area contributed by atoms with Crippen molar-refractivity contribution in [2.24, 2.45) is 0 Å². The molecule has 0 aliphatic rings. The minimum Gasteiger partial charge on any atom is -0.455 e. The predicted octanol–water partition coefficient (Wildman–Crippen LogP) is 11.0. The summed E-state index contributed by atoms with van der Waals surface area (Å²) in [4.78, 5) is 5.38. The van der Waals surface area contributed by atoms with Gasteiger partial charge in [-0.2, -0.15) is 0 Å². The third kappa shape index (κ3) is 2.74. The molecule has 188 valence electrons. The van der Waals surface area contributed by atoms with Crippen LogP contribution in [0.15, 0.2) is 132 Å². The largest absolute Gasteiger partial charge is 0.455 e. The van der Waals surface area contributed by atoms with Gasteiger partial charge in [0.2, 0.25) is 0 Å². The molecule has 0 amide bonds. The second-order valence-corrected chi connectivity index (χ2v) is 11.1. The lowest BCUT2D eigenvalue weighted by molar-refractivity contribution is 0.673. The number of fused-ring (bicyclic) bond motifs is 10. The molecule has 0 aliphatic heterocycles. The average Bonchev–Trinajstić information content (AvgIpc) is 3.43. The zero-order valence-electron chi connectivity index (χ0n) is 22.0. The zero-order chi connectivity index (χ0) is 26.7. The maximum Gasteiger partial charge on any atom is 0.144 e. The second-order valence-electron chi connectivity index (χ2n) is 11.1. The van der Waals surface area contributed by atoms with Gasteiger partial charge in [-0.25, -0.2) is 4.98 Å². The third-order valence-corrected chi connectivity index (χ3v) is 8.92. The summed E-state index contributed by atoms with van der Waals surface area (Å²) in [5, 5.41) is 15.7. The molecule has 0 bridgehead atoms. The van der Waals surface area contributed by atoms with Crippen LogP contribution in [-0.4, -0.2) is 4.98 Å². The summed E-state index contributed by atoms with van der Waals surface area (Å²) in [5.74, 6) is 0. The van der Waals surface area contributed by atoms with E-state index in [1.807, 2.05) is 6.07 Å². The summed E-state index contributed by atoms with van der Waals surface area (Å²) in [6, 6.07) is 45.8. The summed E-state index contributed by atoms with van der Waals surface area (Å²) >= 11 is 0. The van der Waals surface area contributed by atoms with Gasteiger partial charge in [0.05, 0.1) is 11.2 Å². The van der Waals surface area contributed by atoms with Crippen LogP contribution in [0.5, 0.6) is 0 Å². The molecule has 2 heterocycles. The molecule has 0 saturated heterocycles. The quantitative estimate of drug-likeness (QED) is 0.202. The predicted molar refractivity (Wildman–Crippen MR) is 173 cm³/mol. The van der Waals surface area contributed by atoms with Crippen molar-refractivity contribution in [3.05, 3.63) is 127 Å².